The second kappa shape index (κ2) is 18.4. The van der Waals surface area contributed by atoms with Gasteiger partial charge in [-0.1, -0.05) is 18.2 Å². The van der Waals surface area contributed by atoms with Crippen LogP contribution in [0.1, 0.15) is 57.6 Å². The van der Waals surface area contributed by atoms with Crippen LogP contribution in [0.2, 0.25) is 0 Å². The van der Waals surface area contributed by atoms with Gasteiger partial charge in [0.1, 0.15) is 11.5 Å². The summed E-state index contributed by atoms with van der Waals surface area (Å²) in [7, 11) is 0.127. The first-order valence-corrected chi connectivity index (χ1v) is 18.7. The summed E-state index contributed by atoms with van der Waals surface area (Å²) in [5.41, 5.74) is 5.76. The number of aromatic amines is 1. The van der Waals surface area contributed by atoms with Crippen molar-refractivity contribution in [1.82, 2.24) is 20.9 Å². The third-order valence-electron chi connectivity index (χ3n) is 9.15. The van der Waals surface area contributed by atoms with Crippen LogP contribution in [0.15, 0.2) is 83.4 Å². The number of nitrogens with one attached hydrogen (secondary N) is 4. The molecule has 2 aromatic heterocycles. The number of terminal acetylenes is 1. The van der Waals surface area contributed by atoms with Crippen molar-refractivity contribution in [1.29, 1.82) is 0 Å². The third kappa shape index (κ3) is 9.33. The van der Waals surface area contributed by atoms with E-state index in [4.69, 9.17) is 15.9 Å². The Morgan fingerprint density at radius 2 is 1.65 bits per heavy atom. The fourth-order valence-electron chi connectivity index (χ4n) is 6.61. The average molecular weight is 796 g/mol. The Kier molecular flexibility index (Phi) is 13.5. The predicted molar refractivity (Wildman–Crippen MR) is 217 cm³/mol. The van der Waals surface area contributed by atoms with E-state index >= 15 is 0 Å². The van der Waals surface area contributed by atoms with E-state index in [1.54, 1.807) is 79.9 Å². The zero-order valence-electron chi connectivity index (χ0n) is 32.3. The highest BCUT2D eigenvalue weighted by Crippen LogP contribution is 2.39. The fraction of sp³-hybridized carbons (Fsp3) is 0.244. The van der Waals surface area contributed by atoms with Crippen LogP contribution < -0.4 is 30.3 Å². The van der Waals surface area contributed by atoms with Gasteiger partial charge in [0.15, 0.2) is 17.5 Å². The fourth-order valence-corrected chi connectivity index (χ4v) is 7.42. The van der Waals surface area contributed by atoms with E-state index < -0.39 is 43.6 Å². The van der Waals surface area contributed by atoms with Crippen LogP contribution in [-0.4, -0.2) is 80.1 Å². The minimum Gasteiger partial charge on any atom is -0.497 e. The van der Waals surface area contributed by atoms with Crippen LogP contribution in [0.4, 0.5) is 14.3 Å². The Morgan fingerprint density at radius 1 is 0.947 bits per heavy atom. The molecule has 4 amide bonds. The van der Waals surface area contributed by atoms with Crippen molar-refractivity contribution in [2.24, 2.45) is 0 Å². The van der Waals surface area contributed by atoms with Crippen LogP contribution in [0.3, 0.4) is 0 Å². The molecule has 0 spiro atoms. The predicted octanol–water partition coefficient (Wildman–Crippen LogP) is 5.20. The van der Waals surface area contributed by atoms with Gasteiger partial charge in [0.05, 0.1) is 37.7 Å². The normalized spacial score (nSPS) is 13.6. The molecule has 294 valence electrons. The summed E-state index contributed by atoms with van der Waals surface area (Å²) in [5.74, 6) is 0.343. The number of anilines is 1. The molecule has 5 rings (SSSR count). The molecule has 0 saturated heterocycles. The lowest BCUT2D eigenvalue weighted by Gasteiger charge is -2.30. The summed E-state index contributed by atoms with van der Waals surface area (Å²) in [6, 6.07) is 15.5. The summed E-state index contributed by atoms with van der Waals surface area (Å²) >= 11 is 1.23. The number of amides is 4. The van der Waals surface area contributed by atoms with E-state index in [-0.39, 0.29) is 24.5 Å². The molecular formula is C41H42BF2N6O6S+. The SMILES string of the molecule is C#CC(=O)N(c1ccc(OC)cc1OC)C(C(=O)NCC(=O)NCCNC(=O)c1ccc(/C(=C2\C(C)=CC(C)=[N+]2B(F)F)c2[nH]c(C)cc2C)cc1)c1cccs1. The van der Waals surface area contributed by atoms with Gasteiger partial charge >= 0.3 is 13.3 Å². The molecule has 0 saturated carbocycles. The Balaban J connectivity index is 1.22. The highest BCUT2D eigenvalue weighted by atomic mass is 32.1. The van der Waals surface area contributed by atoms with Crippen molar-refractivity contribution in [2.45, 2.75) is 33.7 Å². The molecule has 57 heavy (non-hydrogen) atoms. The molecule has 3 heterocycles. The number of ether oxygens (including phenoxy) is 2. The van der Waals surface area contributed by atoms with Gasteiger partial charge in [0, 0.05) is 53.9 Å². The lowest BCUT2D eigenvalue weighted by atomic mass is 9.93. The van der Waals surface area contributed by atoms with Gasteiger partial charge in [-0.2, -0.15) is 0 Å². The Hall–Kier alpha value is -6.47. The van der Waals surface area contributed by atoms with Crippen molar-refractivity contribution in [3.05, 3.63) is 116 Å². The number of rotatable bonds is 15. The zero-order chi connectivity index (χ0) is 41.4. The van der Waals surface area contributed by atoms with Gasteiger partial charge in [-0.3, -0.25) is 24.1 Å². The number of aromatic nitrogens is 1. The molecule has 1 aliphatic heterocycles. The van der Waals surface area contributed by atoms with Crippen LogP contribution >= 0.6 is 11.3 Å². The highest BCUT2D eigenvalue weighted by Gasteiger charge is 2.44. The summed E-state index contributed by atoms with van der Waals surface area (Å²) in [4.78, 5) is 57.6. The van der Waals surface area contributed by atoms with Crippen molar-refractivity contribution in [2.75, 3.05) is 38.8 Å². The summed E-state index contributed by atoms with van der Waals surface area (Å²) in [5, 5.41) is 9.73. The Bertz CT molecular complexity index is 2310. The number of carbonyl (C=O) groups excluding carboxylic acids is 4. The molecule has 1 unspecified atom stereocenters. The van der Waals surface area contributed by atoms with E-state index in [0.29, 0.717) is 50.0 Å². The van der Waals surface area contributed by atoms with Crippen molar-refractivity contribution < 1.29 is 41.8 Å². The van der Waals surface area contributed by atoms with Crippen LogP contribution in [0.5, 0.6) is 11.5 Å². The minimum atomic E-state index is -2.75. The van der Waals surface area contributed by atoms with Crippen LogP contribution in [0.25, 0.3) is 5.57 Å². The molecule has 16 heteroatoms. The number of benzene rings is 2. The number of halogens is 2. The van der Waals surface area contributed by atoms with E-state index in [0.717, 1.165) is 20.6 Å². The number of hydrogen-bond donors (Lipinski definition) is 4. The molecule has 0 aliphatic carbocycles. The topological polar surface area (TPSA) is 145 Å². The second-order valence-corrected chi connectivity index (χ2v) is 14.0. The number of methoxy groups -OCH3 is 2. The van der Waals surface area contributed by atoms with Crippen LogP contribution in [-0.2, 0) is 14.4 Å². The maximum absolute atomic E-state index is 14.3. The minimum absolute atomic E-state index is 0.0459. The third-order valence-corrected chi connectivity index (χ3v) is 10.1. The van der Waals surface area contributed by atoms with E-state index in [1.807, 2.05) is 19.9 Å². The molecule has 0 radical (unpaired) electrons. The number of H-pyrrole nitrogens is 1. The average Bonchev–Trinajstić information content (AvgIpc) is 3.92. The molecule has 1 atom stereocenters. The maximum atomic E-state index is 14.3. The molecule has 0 bridgehead atoms. The van der Waals surface area contributed by atoms with Gasteiger partial charge in [0.25, 0.3) is 5.91 Å². The first kappa shape index (κ1) is 41.7. The van der Waals surface area contributed by atoms with Gasteiger partial charge in [-0.25, -0.2) is 13.1 Å². The number of aryl methyl sites for hydroxylation is 2. The van der Waals surface area contributed by atoms with Gasteiger partial charge in [-0.05, 0) is 79.6 Å². The Labute approximate surface area is 333 Å². The summed E-state index contributed by atoms with van der Waals surface area (Å²) in [6.45, 7) is 6.92. The number of carbonyl (C=O) groups is 4. The molecule has 0 fully saturated rings. The summed E-state index contributed by atoms with van der Waals surface area (Å²) in [6.07, 6.45) is 7.25. The second-order valence-electron chi connectivity index (χ2n) is 13.0. The van der Waals surface area contributed by atoms with E-state index in [2.05, 4.69) is 26.9 Å². The number of hydrogen-bond acceptors (Lipinski definition) is 7. The molecule has 12 nitrogen and oxygen atoms in total. The van der Waals surface area contributed by atoms with Crippen LogP contribution in [0, 0.1) is 26.2 Å². The van der Waals surface area contributed by atoms with Crippen molar-refractivity contribution in [3.8, 4) is 23.8 Å². The number of allylic oxidation sites excluding steroid dienone is 2. The van der Waals surface area contributed by atoms with Gasteiger partial charge in [0.2, 0.25) is 11.8 Å². The standard InChI is InChI=1S/C41H41BF2N6O6S/c1-8-35(52)49(31-16-15-30(55-6)22-32(31)56-7)39(33-10-9-19-57-33)41(54)47-23-34(51)45-17-18-46-40(53)29-13-11-28(12-14-29)36(37-24(2)20-26(4)48-37)38-25(3)21-27(5)50(38)42(43)44/h1,9-16,19-22,39H,17-18,23H2,2-7H3,(H3,45,46,47,51,53,54)/p+1. The first-order chi connectivity index (χ1) is 27.3. The molecule has 4 aromatic rings. The Morgan fingerprint density at radius 3 is 2.25 bits per heavy atom. The van der Waals surface area contributed by atoms with Gasteiger partial charge in [-0.15, -0.1) is 17.8 Å². The van der Waals surface area contributed by atoms with Crippen molar-refractivity contribution in [3.63, 3.8) is 0 Å². The van der Waals surface area contributed by atoms with Crippen molar-refractivity contribution >= 4 is 59.3 Å². The lowest BCUT2D eigenvalue weighted by molar-refractivity contribution is -0.343. The van der Waals surface area contributed by atoms with Gasteiger partial charge < -0.3 is 30.4 Å². The number of thiophene rings is 1. The molecule has 1 aliphatic rings. The first-order valence-electron chi connectivity index (χ1n) is 17.8. The number of nitrogens with zero attached hydrogens (tertiary/aromatic N) is 2. The van der Waals surface area contributed by atoms with E-state index in [1.165, 1.54) is 25.6 Å². The smallest absolute Gasteiger partial charge is 0.497 e. The zero-order valence-corrected chi connectivity index (χ0v) is 33.1. The monoisotopic (exact) mass is 795 g/mol. The highest BCUT2D eigenvalue weighted by molar-refractivity contribution is 7.10. The summed E-state index contributed by atoms with van der Waals surface area (Å²) < 4.78 is 40.4. The molecule has 2 aromatic carbocycles. The maximum Gasteiger partial charge on any atom is 0.934 e. The molecule has 4 N–H and O–H groups in total. The van der Waals surface area contributed by atoms with E-state index in [9.17, 15) is 27.8 Å². The largest absolute Gasteiger partial charge is 0.934 e. The lowest BCUT2D eigenvalue weighted by Crippen LogP contribution is -2.46. The quantitative estimate of drug-likeness (QED) is 0.0741. The molecular weight excluding hydrogens is 753 g/mol.